The minimum Gasteiger partial charge on any atom is -0.477 e. The summed E-state index contributed by atoms with van der Waals surface area (Å²) in [7, 11) is 11.8. The molecule has 0 saturated heterocycles. The highest BCUT2D eigenvalue weighted by molar-refractivity contribution is 5.95. The molecule has 0 aliphatic carbocycles. The van der Waals surface area contributed by atoms with Gasteiger partial charge in [-0.2, -0.15) is 0 Å². The van der Waals surface area contributed by atoms with Crippen molar-refractivity contribution < 1.29 is 33.8 Å². The number of rotatable bonds is 11. The van der Waals surface area contributed by atoms with E-state index in [0.29, 0.717) is 40.3 Å². The monoisotopic (exact) mass is 1060 g/mol. The number of aryl methyl sites for hydroxylation is 1. The van der Waals surface area contributed by atoms with E-state index in [4.69, 9.17) is 5.11 Å². The minimum atomic E-state index is -0.999. The fourth-order valence-corrected chi connectivity index (χ4v) is 6.53. The van der Waals surface area contributed by atoms with Crippen LogP contribution in [0.1, 0.15) is 210 Å². The Kier molecular flexibility index (Phi) is 29.5. The molecular weight excluding hydrogens is 977 g/mol. The lowest BCUT2D eigenvalue weighted by Gasteiger charge is -2.15. The molecule has 0 aliphatic rings. The molecule has 1 N–H and O–H groups in total. The highest BCUT2D eigenvalue weighted by atomic mass is 16.5. The van der Waals surface area contributed by atoms with Crippen LogP contribution in [0.5, 0.6) is 0 Å². The first kappa shape index (κ1) is 67.1. The number of carbonyl (C=O) groups excluding carboxylic acids is 4. The number of hydrogen-bond donors (Lipinski definition) is 1. The van der Waals surface area contributed by atoms with Crippen LogP contribution in [0.25, 0.3) is 0 Å². The molecule has 0 aromatic carbocycles. The third-order valence-electron chi connectivity index (χ3n) is 11.0. The molecule has 0 radical (unpaired) electrons. The van der Waals surface area contributed by atoms with Gasteiger partial charge in [-0.05, 0) is 83.4 Å². The number of pyridine rings is 3. The molecule has 6 aromatic heterocycles. The van der Waals surface area contributed by atoms with Gasteiger partial charge in [0.1, 0.15) is 29.9 Å². The fourth-order valence-electron chi connectivity index (χ4n) is 6.53. The first-order valence-corrected chi connectivity index (χ1v) is 25.3. The standard InChI is InChI=1S/2C11H16N2O.C10H15N3O.C10H13NO2.C8H10N2O2.C8H12N2/c1-8(2)10-7-12-6-5-9(10)11(14)13(3)4;1-8(2)9-6-5-7-12-10(9)11(14)13(3)4;1-7(2)8-5-11-6-12-9(8)10(14)13(3)4;1-7(2)9-8(10(12)13-3)5-4-6-11-9;1-5(2)6-3-9-4-10-7(6)8(11)12;1-6(2)8-4-9-7(3)10-5-8/h2*5-8H,1-4H3;5-7H,1-4H3;4-7H,1-3H3;3-5H,1-2H3,(H,11,12);4-6H,1-3H3. The van der Waals surface area contributed by atoms with Gasteiger partial charge in [0.05, 0.1) is 18.4 Å². The lowest BCUT2D eigenvalue weighted by molar-refractivity contribution is 0.0596. The summed E-state index contributed by atoms with van der Waals surface area (Å²) in [6.45, 7) is 26.2. The molecule has 0 unspecified atom stereocenters. The van der Waals surface area contributed by atoms with E-state index >= 15 is 0 Å². The van der Waals surface area contributed by atoms with Crippen LogP contribution in [-0.4, -0.2) is 144 Å². The molecule has 0 bridgehead atoms. The Morgan fingerprint density at radius 2 is 0.896 bits per heavy atom. The maximum absolute atomic E-state index is 11.8. The summed E-state index contributed by atoms with van der Waals surface area (Å²) < 4.78 is 4.65. The molecule has 0 fully saturated rings. The van der Waals surface area contributed by atoms with Crippen molar-refractivity contribution in [3.63, 3.8) is 0 Å². The van der Waals surface area contributed by atoms with Gasteiger partial charge in [0.25, 0.3) is 17.7 Å². The number of ether oxygens (including phenoxy) is 1. The van der Waals surface area contributed by atoms with Crippen LogP contribution in [-0.2, 0) is 4.74 Å². The number of carboxylic acid groups (broad SMARTS) is 1. The van der Waals surface area contributed by atoms with Crippen molar-refractivity contribution in [2.24, 2.45) is 0 Å². The molecule has 3 amide bonds. The number of amides is 3. The average Bonchev–Trinajstić information content (AvgIpc) is 3.40. The van der Waals surface area contributed by atoms with Gasteiger partial charge in [0.15, 0.2) is 5.69 Å². The van der Waals surface area contributed by atoms with Gasteiger partial charge in [0.2, 0.25) is 0 Å². The highest BCUT2D eigenvalue weighted by Crippen LogP contribution is 2.21. The summed E-state index contributed by atoms with van der Waals surface area (Å²) in [6.07, 6.45) is 16.4. The van der Waals surface area contributed by atoms with E-state index in [9.17, 15) is 24.0 Å². The normalized spacial score (nSPS) is 10.3. The molecular formula is C58H82N12O7. The summed E-state index contributed by atoms with van der Waals surface area (Å²) in [5, 5.41) is 8.72. The van der Waals surface area contributed by atoms with Crippen LogP contribution in [0.3, 0.4) is 0 Å². The zero-order valence-electron chi connectivity index (χ0n) is 48.9. The molecule has 6 aromatic rings. The second-order valence-electron chi connectivity index (χ2n) is 19.9. The van der Waals surface area contributed by atoms with Crippen molar-refractivity contribution in [3.8, 4) is 0 Å². The summed E-state index contributed by atoms with van der Waals surface area (Å²) >= 11 is 0. The van der Waals surface area contributed by atoms with Gasteiger partial charge in [-0.1, -0.05) is 89.2 Å². The van der Waals surface area contributed by atoms with Gasteiger partial charge in [-0.15, -0.1) is 0 Å². The van der Waals surface area contributed by atoms with Crippen LogP contribution in [0, 0.1) is 6.92 Å². The van der Waals surface area contributed by atoms with Gasteiger partial charge < -0.3 is 24.5 Å². The van der Waals surface area contributed by atoms with E-state index in [-0.39, 0.29) is 47.1 Å². The maximum Gasteiger partial charge on any atom is 0.354 e. The predicted molar refractivity (Wildman–Crippen MR) is 300 cm³/mol. The SMILES string of the molecule is CC(C)c1cccnc1C(=O)N(C)C.CC(C)c1cnccc1C(=O)N(C)C.CC(C)c1cncnc1C(=O)N(C)C.CC(C)c1cncnc1C(=O)O.COC(=O)c1cccnc1C(C)C.Cc1ncc(C(C)C)cn1. The number of carboxylic acids is 1. The number of hydrogen-bond acceptors (Lipinski definition) is 15. The van der Waals surface area contributed by atoms with Crippen molar-refractivity contribution >= 4 is 29.7 Å². The van der Waals surface area contributed by atoms with Crippen LogP contribution < -0.4 is 0 Å². The lowest BCUT2D eigenvalue weighted by Crippen LogP contribution is -2.24. The summed E-state index contributed by atoms with van der Waals surface area (Å²) in [4.78, 5) is 97.7. The summed E-state index contributed by atoms with van der Waals surface area (Å²) in [5.41, 5.74) is 8.03. The number of esters is 1. The molecule has 0 atom stereocenters. The number of aromatic carboxylic acids is 1. The van der Waals surface area contributed by atoms with Gasteiger partial charge in [-0.25, -0.2) is 39.5 Å². The molecule has 6 heterocycles. The number of aromatic nitrogens is 9. The van der Waals surface area contributed by atoms with Crippen LogP contribution in [0.15, 0.2) is 92.6 Å². The molecule has 0 aliphatic heterocycles. The summed E-state index contributed by atoms with van der Waals surface area (Å²) in [6, 6.07) is 9.06. The molecule has 6 rings (SSSR count). The zero-order valence-corrected chi connectivity index (χ0v) is 48.9. The quantitative estimate of drug-likeness (QED) is 0.119. The third kappa shape index (κ3) is 22.4. The number of carbonyl (C=O) groups is 5. The predicted octanol–water partition coefficient (Wildman–Crippen LogP) is 10.3. The van der Waals surface area contributed by atoms with E-state index in [2.05, 4.69) is 91.1 Å². The van der Waals surface area contributed by atoms with E-state index < -0.39 is 5.97 Å². The van der Waals surface area contributed by atoms with E-state index in [1.165, 1.54) is 30.2 Å². The van der Waals surface area contributed by atoms with Crippen molar-refractivity contribution in [2.75, 3.05) is 49.4 Å². The van der Waals surface area contributed by atoms with Crippen LogP contribution in [0.4, 0.5) is 0 Å². The third-order valence-corrected chi connectivity index (χ3v) is 11.0. The molecule has 416 valence electrons. The Balaban J connectivity index is 0.000000463. The molecule has 77 heavy (non-hydrogen) atoms. The Hall–Kier alpha value is -7.96. The molecule has 0 spiro atoms. The Morgan fingerprint density at radius 1 is 0.455 bits per heavy atom. The summed E-state index contributed by atoms with van der Waals surface area (Å²) in [5.74, 6) is 1.25. The van der Waals surface area contributed by atoms with Crippen molar-refractivity contribution in [1.29, 1.82) is 0 Å². The number of nitrogens with zero attached hydrogens (tertiary/aromatic N) is 12. The second kappa shape index (κ2) is 33.9. The van der Waals surface area contributed by atoms with Crippen molar-refractivity contribution in [2.45, 2.75) is 126 Å². The van der Waals surface area contributed by atoms with Gasteiger partial charge >= 0.3 is 11.9 Å². The topological polar surface area (TPSA) is 241 Å². The molecule has 19 heteroatoms. The number of methoxy groups -OCH3 is 1. The van der Waals surface area contributed by atoms with Gasteiger partial charge in [0, 0.05) is 109 Å². The zero-order chi connectivity index (χ0) is 58.7. The van der Waals surface area contributed by atoms with Gasteiger partial charge in [-0.3, -0.25) is 29.3 Å². The highest BCUT2D eigenvalue weighted by Gasteiger charge is 2.19. The Morgan fingerprint density at radius 3 is 1.32 bits per heavy atom. The van der Waals surface area contributed by atoms with Crippen LogP contribution >= 0.6 is 0 Å². The van der Waals surface area contributed by atoms with E-state index in [1.54, 1.807) is 107 Å². The molecule has 0 saturated carbocycles. The van der Waals surface area contributed by atoms with E-state index in [1.807, 2.05) is 73.0 Å². The van der Waals surface area contributed by atoms with Crippen molar-refractivity contribution in [1.82, 2.24) is 59.6 Å². The lowest BCUT2D eigenvalue weighted by atomic mass is 9.99. The van der Waals surface area contributed by atoms with Crippen molar-refractivity contribution in [3.05, 3.63) is 160 Å². The fraction of sp³-hybridized carbons (Fsp3) is 0.448. The average molecular weight is 1060 g/mol. The van der Waals surface area contributed by atoms with Crippen LogP contribution in [0.2, 0.25) is 0 Å². The maximum atomic E-state index is 11.8. The molecule has 19 nitrogen and oxygen atoms in total. The largest absolute Gasteiger partial charge is 0.477 e. The Bertz CT molecular complexity index is 2620. The second-order valence-corrected chi connectivity index (χ2v) is 19.9. The first-order chi connectivity index (χ1) is 36.1. The Labute approximate surface area is 456 Å². The minimum absolute atomic E-state index is 0.0331. The van der Waals surface area contributed by atoms with E-state index in [0.717, 1.165) is 33.8 Å². The smallest absolute Gasteiger partial charge is 0.354 e. The first-order valence-electron chi connectivity index (χ1n) is 25.3.